The Kier molecular flexibility index (Phi) is 7.65. The van der Waals surface area contributed by atoms with Crippen LogP contribution in [0.4, 0.5) is 17.5 Å². The molecule has 0 aromatic carbocycles. The minimum absolute atomic E-state index is 0.213. The average molecular weight is 569 g/mol. The number of rotatable bonds is 9. The molecule has 0 saturated carbocycles. The van der Waals surface area contributed by atoms with E-state index in [9.17, 15) is 0 Å². The summed E-state index contributed by atoms with van der Waals surface area (Å²) >= 11 is 0. The van der Waals surface area contributed by atoms with Crippen molar-refractivity contribution in [2.24, 2.45) is 0 Å². The van der Waals surface area contributed by atoms with E-state index in [0.717, 1.165) is 71.3 Å². The van der Waals surface area contributed by atoms with E-state index in [0.29, 0.717) is 17.9 Å². The van der Waals surface area contributed by atoms with E-state index in [2.05, 4.69) is 99.6 Å². The van der Waals surface area contributed by atoms with Gasteiger partial charge in [-0.05, 0) is 71.1 Å². The van der Waals surface area contributed by atoms with Crippen LogP contribution < -0.4 is 20.9 Å². The van der Waals surface area contributed by atoms with Gasteiger partial charge in [0.2, 0.25) is 0 Å². The first-order valence-corrected chi connectivity index (χ1v) is 14.6. The number of nitrogens with one attached hydrogen (secondary N) is 4. The quantitative estimate of drug-likeness (QED) is 0.209. The minimum atomic E-state index is -0.213. The lowest BCUT2D eigenvalue weighted by Crippen LogP contribution is -2.54. The maximum absolute atomic E-state index is 5.16. The summed E-state index contributed by atoms with van der Waals surface area (Å²) in [6.07, 6.45) is 7.39. The van der Waals surface area contributed by atoms with Gasteiger partial charge in [-0.25, -0.2) is 24.5 Å². The summed E-state index contributed by atoms with van der Waals surface area (Å²) in [5, 5.41) is 16.5. The van der Waals surface area contributed by atoms with Gasteiger partial charge in [-0.3, -0.25) is 0 Å². The lowest BCUT2D eigenvalue weighted by molar-refractivity contribution is 0.405. The van der Waals surface area contributed by atoms with E-state index in [1.807, 2.05) is 29.2 Å². The zero-order valence-electron chi connectivity index (χ0n) is 25.2. The van der Waals surface area contributed by atoms with E-state index in [1.54, 1.807) is 6.33 Å². The predicted molar refractivity (Wildman–Crippen MR) is 168 cm³/mol. The summed E-state index contributed by atoms with van der Waals surface area (Å²) in [5.74, 6) is 3.22. The van der Waals surface area contributed by atoms with Gasteiger partial charge < -0.3 is 30.7 Å². The van der Waals surface area contributed by atoms with Crippen LogP contribution in [0.5, 0.6) is 0 Å². The molecule has 0 amide bonds. The van der Waals surface area contributed by atoms with Crippen LogP contribution in [0.3, 0.4) is 0 Å². The molecule has 12 heteroatoms. The average Bonchev–Trinajstić information content (AvgIpc) is 3.56. The first kappa shape index (κ1) is 27.9. The third-order valence-electron chi connectivity index (χ3n) is 7.71. The summed E-state index contributed by atoms with van der Waals surface area (Å²) in [6.45, 7) is 12.1. The van der Waals surface area contributed by atoms with Crippen LogP contribution in [0.25, 0.3) is 27.7 Å². The van der Waals surface area contributed by atoms with Gasteiger partial charge in [-0.15, -0.1) is 0 Å². The zero-order valence-corrected chi connectivity index (χ0v) is 25.2. The molecule has 0 radical (unpaired) electrons. The Balaban J connectivity index is 1.33. The Morgan fingerprint density at radius 3 is 2.71 bits per heavy atom. The molecule has 1 aliphatic rings. The number of nitrogens with zero attached hydrogens (tertiary/aromatic N) is 8. The Bertz CT molecular complexity index is 1680. The molecule has 5 aromatic rings. The molecular formula is C30H40N12. The highest BCUT2D eigenvalue weighted by atomic mass is 15.3. The minimum Gasteiger partial charge on any atom is -0.369 e. The summed E-state index contributed by atoms with van der Waals surface area (Å²) in [5.41, 5.74) is 5.00. The molecule has 4 N–H and O–H groups in total. The molecule has 5 aromatic heterocycles. The van der Waals surface area contributed by atoms with Crippen molar-refractivity contribution in [1.29, 1.82) is 0 Å². The summed E-state index contributed by atoms with van der Waals surface area (Å²) in [4.78, 5) is 26.7. The summed E-state index contributed by atoms with van der Waals surface area (Å²) in [6, 6.07) is 6.70. The summed E-state index contributed by atoms with van der Waals surface area (Å²) < 4.78 is 1.96. The number of aryl methyl sites for hydroxylation is 1. The highest BCUT2D eigenvalue weighted by Gasteiger charge is 2.26. The van der Waals surface area contributed by atoms with Gasteiger partial charge in [-0.1, -0.05) is 0 Å². The van der Waals surface area contributed by atoms with Gasteiger partial charge in [0.1, 0.15) is 29.1 Å². The van der Waals surface area contributed by atoms with Crippen LogP contribution in [0.1, 0.15) is 38.2 Å². The van der Waals surface area contributed by atoms with Gasteiger partial charge in [0, 0.05) is 62.4 Å². The van der Waals surface area contributed by atoms with Crippen molar-refractivity contribution in [1.82, 2.24) is 44.8 Å². The molecule has 1 aliphatic heterocycles. The number of pyridine rings is 1. The second-order valence-corrected chi connectivity index (χ2v) is 11.6. The SMILES string of the molecule is Cc1ccn2nc([C@H](C)Nc3ncnc4[nH]cc(-c5ccnc(NCCN(C)C)c5)c34)nc(N3C[C@@H](C)N[C@@H](C)C3)c12. The fraction of sp³-hybridized carbons (Fsp3) is 0.433. The summed E-state index contributed by atoms with van der Waals surface area (Å²) in [7, 11) is 4.12. The number of H-pyrrole nitrogens is 1. The molecule has 220 valence electrons. The lowest BCUT2D eigenvalue weighted by atomic mass is 10.1. The number of likely N-dealkylation sites (N-methyl/N-ethyl adjacent to an activating group) is 1. The number of aromatic nitrogens is 7. The van der Waals surface area contributed by atoms with Crippen LogP contribution in [-0.2, 0) is 0 Å². The molecule has 6 rings (SSSR count). The first-order chi connectivity index (χ1) is 20.3. The van der Waals surface area contributed by atoms with Crippen molar-refractivity contribution in [2.45, 2.75) is 45.8 Å². The zero-order chi connectivity index (χ0) is 29.4. The molecule has 1 fully saturated rings. The second kappa shape index (κ2) is 11.5. The van der Waals surface area contributed by atoms with Crippen LogP contribution in [0, 0.1) is 6.92 Å². The second-order valence-electron chi connectivity index (χ2n) is 11.6. The molecule has 3 atom stereocenters. The Morgan fingerprint density at radius 1 is 1.12 bits per heavy atom. The molecule has 0 unspecified atom stereocenters. The molecule has 1 saturated heterocycles. The highest BCUT2D eigenvalue weighted by Crippen LogP contribution is 2.34. The number of aromatic amines is 1. The van der Waals surface area contributed by atoms with E-state index < -0.39 is 0 Å². The molecule has 0 aliphatic carbocycles. The number of piperazine rings is 1. The monoisotopic (exact) mass is 568 g/mol. The standard InChI is InChI=1S/C30H40N12/c1-18-8-11-42-26(18)30(41-15-19(2)36-20(3)16-41)38-27(39-42)21(4)37-29-25-23(14-33-28(25)34-17-35-29)22-7-9-31-24(13-22)32-10-12-40(5)6/h7-9,11,13-14,17,19-21,36H,10,12,15-16H2,1-6H3,(H,31,32)(H2,33,34,35,37)/t19-,20+,21-/m0/s1. The number of hydrogen-bond donors (Lipinski definition) is 4. The Labute approximate surface area is 246 Å². The van der Waals surface area contributed by atoms with Crippen molar-refractivity contribution in [3.05, 3.63) is 54.5 Å². The van der Waals surface area contributed by atoms with Gasteiger partial charge in [-0.2, -0.15) is 5.10 Å². The van der Waals surface area contributed by atoms with Crippen LogP contribution in [0.2, 0.25) is 0 Å². The Morgan fingerprint density at radius 2 is 1.93 bits per heavy atom. The largest absolute Gasteiger partial charge is 0.369 e. The normalized spacial score (nSPS) is 18.2. The van der Waals surface area contributed by atoms with E-state index >= 15 is 0 Å². The van der Waals surface area contributed by atoms with E-state index in [4.69, 9.17) is 10.1 Å². The van der Waals surface area contributed by atoms with Crippen molar-refractivity contribution in [2.75, 3.05) is 55.8 Å². The third kappa shape index (κ3) is 5.59. The predicted octanol–water partition coefficient (Wildman–Crippen LogP) is 3.70. The van der Waals surface area contributed by atoms with Crippen LogP contribution >= 0.6 is 0 Å². The number of hydrogen-bond acceptors (Lipinski definition) is 10. The Hall–Kier alpha value is -4.29. The van der Waals surface area contributed by atoms with E-state index in [-0.39, 0.29) is 6.04 Å². The smallest absolute Gasteiger partial charge is 0.173 e. The van der Waals surface area contributed by atoms with E-state index in [1.165, 1.54) is 5.56 Å². The molecule has 42 heavy (non-hydrogen) atoms. The fourth-order valence-electron chi connectivity index (χ4n) is 5.75. The van der Waals surface area contributed by atoms with Gasteiger partial charge in [0.05, 0.1) is 11.4 Å². The topological polar surface area (TPSA) is 127 Å². The fourth-order valence-corrected chi connectivity index (χ4v) is 5.75. The van der Waals surface area contributed by atoms with Crippen molar-refractivity contribution >= 4 is 34.0 Å². The van der Waals surface area contributed by atoms with Gasteiger partial charge in [0.25, 0.3) is 0 Å². The maximum Gasteiger partial charge on any atom is 0.173 e. The van der Waals surface area contributed by atoms with Gasteiger partial charge in [0.15, 0.2) is 11.6 Å². The van der Waals surface area contributed by atoms with Gasteiger partial charge >= 0.3 is 0 Å². The third-order valence-corrected chi connectivity index (χ3v) is 7.71. The highest BCUT2D eigenvalue weighted by molar-refractivity contribution is 6.01. The molecule has 0 spiro atoms. The molecule has 12 nitrogen and oxygen atoms in total. The van der Waals surface area contributed by atoms with Crippen molar-refractivity contribution in [3.8, 4) is 11.1 Å². The van der Waals surface area contributed by atoms with Crippen LogP contribution in [-0.4, -0.2) is 91.8 Å². The maximum atomic E-state index is 5.16. The molecule has 0 bridgehead atoms. The number of anilines is 3. The number of fused-ring (bicyclic) bond motifs is 2. The van der Waals surface area contributed by atoms with Crippen molar-refractivity contribution in [3.63, 3.8) is 0 Å². The first-order valence-electron chi connectivity index (χ1n) is 14.6. The van der Waals surface area contributed by atoms with Crippen molar-refractivity contribution < 1.29 is 0 Å². The molecular weight excluding hydrogens is 528 g/mol. The lowest BCUT2D eigenvalue weighted by Gasteiger charge is -2.37. The molecule has 6 heterocycles. The van der Waals surface area contributed by atoms with Crippen LogP contribution in [0.15, 0.2) is 43.1 Å².